The lowest BCUT2D eigenvalue weighted by Gasteiger charge is -2.15. The molecule has 4 aromatic heterocycles. The van der Waals surface area contributed by atoms with Gasteiger partial charge in [0.1, 0.15) is 5.75 Å². The zero-order chi connectivity index (χ0) is 33.0. The number of halogens is 3. The van der Waals surface area contributed by atoms with Crippen LogP contribution in [0.4, 0.5) is 23.5 Å². The van der Waals surface area contributed by atoms with Crippen LogP contribution in [0.5, 0.6) is 34.8 Å². The second-order valence-electron chi connectivity index (χ2n) is 9.17. The van der Waals surface area contributed by atoms with Crippen molar-refractivity contribution in [2.24, 2.45) is 0 Å². The summed E-state index contributed by atoms with van der Waals surface area (Å²) in [6, 6.07) is 5.34. The third kappa shape index (κ3) is 10.9. The van der Waals surface area contributed by atoms with Crippen LogP contribution < -0.4 is 41.9 Å². The van der Waals surface area contributed by atoms with Gasteiger partial charge in [-0.1, -0.05) is 72.9 Å². The van der Waals surface area contributed by atoms with Gasteiger partial charge in [-0.2, -0.15) is 9.97 Å². The van der Waals surface area contributed by atoms with Crippen LogP contribution in [0.2, 0.25) is 0 Å². The Morgan fingerprint density at radius 1 is 0.682 bits per heavy atom. The molecule has 8 N–H and O–H groups in total. The summed E-state index contributed by atoms with van der Waals surface area (Å²) in [6.07, 6.45) is 2.88. The first-order valence-electron chi connectivity index (χ1n) is 12.9. The average Bonchev–Trinajstić information content (AvgIpc) is 2.96. The van der Waals surface area contributed by atoms with Crippen molar-refractivity contribution in [2.45, 2.75) is 39.5 Å². The number of ether oxygens (including phenoxy) is 4. The molecular weight excluding hydrogens is 909 g/mol. The summed E-state index contributed by atoms with van der Waals surface area (Å²) in [5.41, 5.74) is 24.0. The first-order chi connectivity index (χ1) is 20.8. The van der Waals surface area contributed by atoms with E-state index in [2.05, 4.69) is 97.7 Å². The molecule has 4 aromatic rings. The molecule has 4 rings (SSSR count). The number of nitrogens with two attached hydrogens (primary N) is 4. The van der Waals surface area contributed by atoms with Gasteiger partial charge >= 0.3 is 0 Å². The molecule has 0 aliphatic rings. The SMILES string of the molecule is COc1ccc(Oc2cnc(N)nc2N)c(C(C)C)n1.COc1nc(C(C)C)c(Oc2cnc(N)nc2N)cc1I.ICI. The maximum absolute atomic E-state index is 5.81. The molecule has 0 unspecified atom stereocenters. The van der Waals surface area contributed by atoms with Crippen molar-refractivity contribution >= 4 is 91.3 Å². The van der Waals surface area contributed by atoms with Crippen LogP contribution >= 0.6 is 67.8 Å². The standard InChI is InChI=1S/C13H16IN5O2.C13H17N5O2.CH2I2/c1-6(2)10-8(4-7(14)12(18-10)20-3)21-9-5-17-13(16)19-11(9)15;1-7(2)11-8(4-5-10(17-11)19-3)20-9-6-16-13(15)18-12(9)14;2-1-3/h4-6H,1-3H3,(H4,15,16,17,19);4-7H,1-3H3,(H4,14,15,16,18);1H2. The quantitative estimate of drug-likeness (QED) is 0.112. The summed E-state index contributed by atoms with van der Waals surface area (Å²) in [4.78, 5) is 24.3. The van der Waals surface area contributed by atoms with Crippen LogP contribution in [0.25, 0.3) is 0 Å². The van der Waals surface area contributed by atoms with E-state index in [4.69, 9.17) is 41.9 Å². The monoisotopic (exact) mass is 944 g/mol. The Hall–Kier alpha value is -2.95. The fourth-order valence-corrected chi connectivity index (χ4v) is 3.98. The van der Waals surface area contributed by atoms with Gasteiger partial charge in [0.15, 0.2) is 28.9 Å². The van der Waals surface area contributed by atoms with Crippen LogP contribution in [-0.2, 0) is 0 Å². The number of hydrogen-bond donors (Lipinski definition) is 4. The molecule has 4 heterocycles. The molecule has 238 valence electrons. The fraction of sp³-hybridized carbons (Fsp3) is 0.333. The number of alkyl halides is 2. The van der Waals surface area contributed by atoms with Crippen LogP contribution in [0, 0.1) is 3.57 Å². The second-order valence-corrected chi connectivity index (χ2v) is 14.8. The Morgan fingerprint density at radius 2 is 1.16 bits per heavy atom. The molecule has 0 bridgehead atoms. The van der Waals surface area contributed by atoms with E-state index in [0.29, 0.717) is 34.8 Å². The molecule has 0 radical (unpaired) electrons. The maximum atomic E-state index is 5.81. The number of methoxy groups -OCH3 is 2. The van der Waals surface area contributed by atoms with Crippen molar-refractivity contribution < 1.29 is 18.9 Å². The van der Waals surface area contributed by atoms with E-state index in [1.165, 1.54) is 14.8 Å². The van der Waals surface area contributed by atoms with Crippen LogP contribution in [-0.4, -0.2) is 46.6 Å². The highest BCUT2D eigenvalue weighted by atomic mass is 127. The van der Waals surface area contributed by atoms with Gasteiger partial charge in [-0.3, -0.25) is 0 Å². The van der Waals surface area contributed by atoms with Crippen molar-refractivity contribution in [3.63, 3.8) is 0 Å². The molecule has 0 aromatic carbocycles. The lowest BCUT2D eigenvalue weighted by molar-refractivity contribution is 0.387. The predicted octanol–water partition coefficient (Wildman–Crippen LogP) is 6.34. The molecule has 0 aliphatic carbocycles. The third-order valence-corrected chi connectivity index (χ3v) is 6.11. The van der Waals surface area contributed by atoms with E-state index < -0.39 is 0 Å². The van der Waals surface area contributed by atoms with E-state index in [1.807, 2.05) is 33.8 Å². The lowest BCUT2D eigenvalue weighted by atomic mass is 10.1. The van der Waals surface area contributed by atoms with Crippen molar-refractivity contribution in [1.82, 2.24) is 29.9 Å². The summed E-state index contributed by atoms with van der Waals surface area (Å²) < 4.78 is 23.9. The number of pyridine rings is 2. The molecule has 0 aliphatic heterocycles. The van der Waals surface area contributed by atoms with E-state index in [-0.39, 0.29) is 35.4 Å². The van der Waals surface area contributed by atoms with Gasteiger partial charge < -0.3 is 41.9 Å². The second kappa shape index (κ2) is 18.1. The Morgan fingerprint density at radius 3 is 1.59 bits per heavy atom. The molecular formula is C27H35I3N10O4. The van der Waals surface area contributed by atoms with Crippen molar-refractivity contribution in [1.29, 1.82) is 0 Å². The highest BCUT2D eigenvalue weighted by Crippen LogP contribution is 2.35. The normalized spacial score (nSPS) is 10.3. The van der Waals surface area contributed by atoms with Gasteiger partial charge in [-0.05, 0) is 40.5 Å². The average molecular weight is 944 g/mol. The number of rotatable bonds is 8. The summed E-state index contributed by atoms with van der Waals surface area (Å²) in [6.45, 7) is 8.06. The Bertz CT molecular complexity index is 1530. The van der Waals surface area contributed by atoms with Crippen molar-refractivity contribution in [3.8, 4) is 34.8 Å². The van der Waals surface area contributed by atoms with Crippen LogP contribution in [0.15, 0.2) is 30.6 Å². The number of nitrogens with zero attached hydrogens (tertiary/aromatic N) is 6. The lowest BCUT2D eigenvalue weighted by Crippen LogP contribution is -2.05. The summed E-state index contributed by atoms with van der Waals surface area (Å²) in [7, 11) is 3.15. The van der Waals surface area contributed by atoms with Gasteiger partial charge in [0.25, 0.3) is 0 Å². The molecule has 0 amide bonds. The highest BCUT2D eigenvalue weighted by Gasteiger charge is 2.17. The molecule has 0 saturated carbocycles. The van der Waals surface area contributed by atoms with Gasteiger partial charge in [0.05, 0.1) is 44.0 Å². The molecule has 14 nitrogen and oxygen atoms in total. The highest BCUT2D eigenvalue weighted by molar-refractivity contribution is 14.2. The molecule has 0 spiro atoms. The zero-order valence-corrected chi connectivity index (χ0v) is 31.5. The number of aromatic nitrogens is 6. The van der Waals surface area contributed by atoms with E-state index in [1.54, 1.807) is 26.4 Å². The van der Waals surface area contributed by atoms with Crippen molar-refractivity contribution in [3.05, 3.63) is 45.6 Å². The molecule has 0 fully saturated rings. The molecule has 0 atom stereocenters. The fourth-order valence-electron chi connectivity index (χ4n) is 3.35. The predicted molar refractivity (Wildman–Crippen MR) is 197 cm³/mol. The van der Waals surface area contributed by atoms with Gasteiger partial charge in [-0.25, -0.2) is 19.9 Å². The first-order valence-corrected chi connectivity index (χ1v) is 17.0. The third-order valence-electron chi connectivity index (χ3n) is 5.34. The largest absolute Gasteiger partial charge is 0.481 e. The Balaban J connectivity index is 0.000000282. The molecule has 17 heteroatoms. The van der Waals surface area contributed by atoms with Crippen LogP contribution in [0.1, 0.15) is 50.9 Å². The Kier molecular flexibility index (Phi) is 15.3. The van der Waals surface area contributed by atoms with E-state index >= 15 is 0 Å². The molecule has 0 saturated heterocycles. The number of nitrogen functional groups attached to an aromatic ring is 4. The summed E-state index contributed by atoms with van der Waals surface area (Å²) >= 11 is 6.68. The summed E-state index contributed by atoms with van der Waals surface area (Å²) in [5.74, 6) is 3.84. The smallest absolute Gasteiger partial charge is 0.227 e. The maximum Gasteiger partial charge on any atom is 0.227 e. The van der Waals surface area contributed by atoms with E-state index in [0.717, 1.165) is 15.0 Å². The first kappa shape index (κ1) is 37.2. The topological polar surface area (TPSA) is 218 Å². The van der Waals surface area contributed by atoms with Crippen LogP contribution in [0.3, 0.4) is 0 Å². The Labute approximate surface area is 297 Å². The van der Waals surface area contributed by atoms with Crippen molar-refractivity contribution in [2.75, 3.05) is 39.6 Å². The zero-order valence-electron chi connectivity index (χ0n) is 25.0. The van der Waals surface area contributed by atoms with Gasteiger partial charge in [-0.15, -0.1) is 0 Å². The molecule has 44 heavy (non-hydrogen) atoms. The minimum Gasteiger partial charge on any atom is -0.481 e. The minimum absolute atomic E-state index is 0.103. The van der Waals surface area contributed by atoms with Gasteiger partial charge in [0, 0.05) is 12.1 Å². The van der Waals surface area contributed by atoms with Gasteiger partial charge in [0.2, 0.25) is 23.7 Å². The van der Waals surface area contributed by atoms with E-state index in [9.17, 15) is 0 Å². The number of anilines is 4. The minimum atomic E-state index is 0.103. The number of hydrogen-bond acceptors (Lipinski definition) is 14. The summed E-state index contributed by atoms with van der Waals surface area (Å²) in [5, 5.41) is 0.